The molecule has 1 amide bonds. The van der Waals surface area contributed by atoms with Crippen molar-refractivity contribution < 1.29 is 22.8 Å². The van der Waals surface area contributed by atoms with Gasteiger partial charge in [0.1, 0.15) is 0 Å². The number of halogens is 3. The maximum absolute atomic E-state index is 11.8. The number of rotatable bonds is 6. The van der Waals surface area contributed by atoms with Crippen LogP contribution in [0, 0.1) is 0 Å². The van der Waals surface area contributed by atoms with Crippen LogP contribution in [0.4, 0.5) is 13.2 Å². The standard InChI is InChI=1S/C14H15F3N2O2/c15-14(16,17)9-21-19-13(20)7-3-4-10-8-18-12-6-2-1-5-11(10)12/h1-2,5-6,8,18H,3-4,7,9H2,(H,19,20). The van der Waals surface area contributed by atoms with Crippen LogP contribution in [0.3, 0.4) is 0 Å². The van der Waals surface area contributed by atoms with Crippen LogP contribution in [0.15, 0.2) is 30.5 Å². The summed E-state index contributed by atoms with van der Waals surface area (Å²) in [5, 5.41) is 1.09. The molecule has 0 atom stereocenters. The number of para-hydroxylation sites is 1. The summed E-state index contributed by atoms with van der Waals surface area (Å²) in [5.74, 6) is -0.556. The van der Waals surface area contributed by atoms with Gasteiger partial charge in [0.05, 0.1) is 0 Å². The van der Waals surface area contributed by atoms with Crippen LogP contribution in [0.2, 0.25) is 0 Å². The van der Waals surface area contributed by atoms with Crippen molar-refractivity contribution in [3.8, 4) is 0 Å². The highest BCUT2D eigenvalue weighted by Crippen LogP contribution is 2.19. The van der Waals surface area contributed by atoms with Gasteiger partial charge in [0, 0.05) is 23.5 Å². The second-order valence-electron chi connectivity index (χ2n) is 4.64. The maximum Gasteiger partial charge on any atom is 0.414 e. The lowest BCUT2D eigenvalue weighted by Gasteiger charge is -2.08. The highest BCUT2D eigenvalue weighted by atomic mass is 19.4. The van der Waals surface area contributed by atoms with Crippen LogP contribution >= 0.6 is 0 Å². The number of benzene rings is 1. The van der Waals surface area contributed by atoms with E-state index in [0.717, 1.165) is 16.5 Å². The minimum absolute atomic E-state index is 0.108. The van der Waals surface area contributed by atoms with Gasteiger partial charge in [-0.05, 0) is 24.5 Å². The van der Waals surface area contributed by atoms with Crippen LogP contribution in [0.1, 0.15) is 18.4 Å². The van der Waals surface area contributed by atoms with Gasteiger partial charge in [0.25, 0.3) is 0 Å². The largest absolute Gasteiger partial charge is 0.414 e. The molecular formula is C14H15F3N2O2. The predicted octanol–water partition coefficient (Wildman–Crippen LogP) is 3.10. The van der Waals surface area contributed by atoms with Crippen molar-refractivity contribution in [3.63, 3.8) is 0 Å². The highest BCUT2D eigenvalue weighted by Gasteiger charge is 2.28. The molecular weight excluding hydrogens is 285 g/mol. The van der Waals surface area contributed by atoms with E-state index in [1.807, 2.05) is 30.5 Å². The number of aromatic amines is 1. The van der Waals surface area contributed by atoms with E-state index in [0.29, 0.717) is 12.8 Å². The van der Waals surface area contributed by atoms with E-state index in [-0.39, 0.29) is 6.42 Å². The van der Waals surface area contributed by atoms with Gasteiger partial charge in [-0.25, -0.2) is 5.48 Å². The number of fused-ring (bicyclic) bond motifs is 1. The van der Waals surface area contributed by atoms with Crippen LogP contribution in [0.5, 0.6) is 0 Å². The molecule has 0 bridgehead atoms. The van der Waals surface area contributed by atoms with E-state index in [1.54, 1.807) is 5.48 Å². The summed E-state index contributed by atoms with van der Waals surface area (Å²) < 4.78 is 35.4. The number of hydrogen-bond acceptors (Lipinski definition) is 2. The molecule has 0 radical (unpaired) electrons. The van der Waals surface area contributed by atoms with Gasteiger partial charge in [0.15, 0.2) is 6.61 Å². The Morgan fingerprint density at radius 3 is 2.81 bits per heavy atom. The van der Waals surface area contributed by atoms with Gasteiger partial charge in [0.2, 0.25) is 5.91 Å². The molecule has 0 spiro atoms. The predicted molar refractivity (Wildman–Crippen MR) is 71.4 cm³/mol. The Kier molecular flexibility index (Phi) is 4.85. The van der Waals surface area contributed by atoms with Gasteiger partial charge in [-0.15, -0.1) is 0 Å². The third-order valence-corrected chi connectivity index (χ3v) is 2.95. The summed E-state index contributed by atoms with van der Waals surface area (Å²) in [6.45, 7) is -1.48. The first kappa shape index (κ1) is 15.4. The van der Waals surface area contributed by atoms with Crippen molar-refractivity contribution in [2.75, 3.05) is 6.61 Å². The molecule has 4 nitrogen and oxygen atoms in total. The molecule has 1 heterocycles. The molecule has 21 heavy (non-hydrogen) atoms. The first-order valence-electron chi connectivity index (χ1n) is 6.48. The lowest BCUT2D eigenvalue weighted by atomic mass is 10.1. The van der Waals surface area contributed by atoms with E-state index in [2.05, 4.69) is 9.82 Å². The summed E-state index contributed by atoms with van der Waals surface area (Å²) in [7, 11) is 0. The number of carbonyl (C=O) groups excluding carboxylic acids is 1. The molecule has 2 N–H and O–H groups in total. The maximum atomic E-state index is 11.8. The summed E-state index contributed by atoms with van der Waals surface area (Å²) in [5.41, 5.74) is 3.89. The molecule has 1 aromatic carbocycles. The van der Waals surface area contributed by atoms with Gasteiger partial charge in [-0.2, -0.15) is 13.2 Å². The zero-order valence-corrected chi connectivity index (χ0v) is 11.2. The Bertz CT molecular complexity index is 608. The molecule has 0 aliphatic heterocycles. The lowest BCUT2D eigenvalue weighted by Crippen LogP contribution is -2.29. The number of carbonyl (C=O) groups is 1. The quantitative estimate of drug-likeness (QED) is 0.805. The van der Waals surface area contributed by atoms with Crippen molar-refractivity contribution in [1.29, 1.82) is 0 Å². The number of aryl methyl sites for hydroxylation is 1. The topological polar surface area (TPSA) is 54.1 Å². The fraction of sp³-hybridized carbons (Fsp3) is 0.357. The van der Waals surface area contributed by atoms with E-state index in [4.69, 9.17) is 0 Å². The number of alkyl halides is 3. The Morgan fingerprint density at radius 1 is 1.29 bits per heavy atom. The first-order valence-corrected chi connectivity index (χ1v) is 6.48. The zero-order valence-electron chi connectivity index (χ0n) is 11.2. The van der Waals surface area contributed by atoms with Gasteiger partial charge < -0.3 is 4.98 Å². The van der Waals surface area contributed by atoms with Crippen molar-refractivity contribution in [3.05, 3.63) is 36.0 Å². The van der Waals surface area contributed by atoms with Gasteiger partial charge in [-0.1, -0.05) is 18.2 Å². The van der Waals surface area contributed by atoms with Crippen LogP contribution < -0.4 is 5.48 Å². The summed E-state index contributed by atoms with van der Waals surface area (Å²) >= 11 is 0. The summed E-state index contributed by atoms with van der Waals surface area (Å²) in [4.78, 5) is 18.5. The second-order valence-corrected chi connectivity index (χ2v) is 4.64. The lowest BCUT2D eigenvalue weighted by molar-refractivity contribution is -0.191. The van der Waals surface area contributed by atoms with Crippen LogP contribution in [-0.4, -0.2) is 23.7 Å². The normalized spacial score (nSPS) is 11.8. The minimum atomic E-state index is -4.45. The molecule has 2 rings (SSSR count). The molecule has 7 heteroatoms. The van der Waals surface area contributed by atoms with E-state index in [9.17, 15) is 18.0 Å². The van der Waals surface area contributed by atoms with Crippen molar-refractivity contribution in [2.45, 2.75) is 25.4 Å². The summed E-state index contributed by atoms with van der Waals surface area (Å²) in [6.07, 6.45) is -1.27. The Labute approximate surface area is 119 Å². The van der Waals surface area contributed by atoms with Crippen LogP contribution in [-0.2, 0) is 16.1 Å². The number of hydroxylamine groups is 1. The number of hydrogen-bond donors (Lipinski definition) is 2. The average Bonchev–Trinajstić information content (AvgIpc) is 2.81. The van der Waals surface area contributed by atoms with E-state index < -0.39 is 18.7 Å². The molecule has 1 aromatic heterocycles. The smallest absolute Gasteiger partial charge is 0.361 e. The molecule has 114 valence electrons. The second kappa shape index (κ2) is 6.62. The third-order valence-electron chi connectivity index (χ3n) is 2.95. The van der Waals surface area contributed by atoms with Crippen molar-refractivity contribution in [1.82, 2.24) is 10.5 Å². The Hall–Kier alpha value is -2.02. The Morgan fingerprint density at radius 2 is 2.05 bits per heavy atom. The SMILES string of the molecule is O=C(CCCc1c[nH]c2ccccc12)NOCC(F)(F)F. The number of H-pyrrole nitrogens is 1. The number of aromatic nitrogens is 1. The fourth-order valence-electron chi connectivity index (χ4n) is 2.03. The van der Waals surface area contributed by atoms with Gasteiger partial charge >= 0.3 is 6.18 Å². The summed E-state index contributed by atoms with van der Waals surface area (Å²) in [6, 6.07) is 7.79. The molecule has 0 saturated carbocycles. The van der Waals surface area contributed by atoms with Gasteiger partial charge in [-0.3, -0.25) is 9.63 Å². The van der Waals surface area contributed by atoms with Crippen LogP contribution in [0.25, 0.3) is 10.9 Å². The minimum Gasteiger partial charge on any atom is -0.361 e. The van der Waals surface area contributed by atoms with E-state index >= 15 is 0 Å². The molecule has 2 aromatic rings. The molecule has 0 unspecified atom stereocenters. The van der Waals surface area contributed by atoms with Crippen molar-refractivity contribution >= 4 is 16.8 Å². The molecule has 0 aliphatic rings. The average molecular weight is 300 g/mol. The number of amides is 1. The third kappa shape index (κ3) is 4.78. The highest BCUT2D eigenvalue weighted by molar-refractivity contribution is 5.83. The van der Waals surface area contributed by atoms with Crippen molar-refractivity contribution in [2.24, 2.45) is 0 Å². The first-order chi connectivity index (χ1) is 9.96. The monoisotopic (exact) mass is 300 g/mol. The fourth-order valence-corrected chi connectivity index (χ4v) is 2.03. The molecule has 0 saturated heterocycles. The molecule has 0 aliphatic carbocycles. The zero-order chi connectivity index (χ0) is 15.3. The number of nitrogens with one attached hydrogen (secondary N) is 2. The van der Waals surface area contributed by atoms with E-state index in [1.165, 1.54) is 0 Å². The Balaban J connectivity index is 1.73. The molecule has 0 fully saturated rings.